The van der Waals surface area contributed by atoms with E-state index in [-0.39, 0.29) is 11.6 Å². The molecule has 1 aliphatic rings. The molecule has 1 saturated heterocycles. The Hall–Kier alpha value is -0.380. The third-order valence-corrected chi connectivity index (χ3v) is 3.94. The Balaban J connectivity index is 2.39. The number of aliphatic hydroxyl groups excluding tert-OH is 1. The monoisotopic (exact) mass is 269 g/mol. The largest absolute Gasteiger partial charge is 0.391 e. The van der Waals surface area contributed by atoms with Gasteiger partial charge >= 0.3 is 0 Å². The van der Waals surface area contributed by atoms with Gasteiger partial charge in [-0.3, -0.25) is 0 Å². The maximum absolute atomic E-state index is 10.1. The van der Waals surface area contributed by atoms with E-state index >= 15 is 0 Å². The lowest BCUT2D eigenvalue weighted by atomic mass is 9.81. The molecular weight excluding hydrogens is 254 g/mol. The van der Waals surface area contributed by atoms with Crippen molar-refractivity contribution in [1.29, 1.82) is 0 Å². The second-order valence-corrected chi connectivity index (χ2v) is 5.12. The summed E-state index contributed by atoms with van der Waals surface area (Å²) >= 11 is 3.54. The molecule has 0 bridgehead atoms. The van der Waals surface area contributed by atoms with Crippen molar-refractivity contribution in [1.82, 2.24) is 5.32 Å². The van der Waals surface area contributed by atoms with Crippen LogP contribution in [0.1, 0.15) is 25.3 Å². The van der Waals surface area contributed by atoms with Crippen LogP contribution in [-0.4, -0.2) is 17.8 Å². The van der Waals surface area contributed by atoms with Crippen molar-refractivity contribution >= 4 is 15.9 Å². The van der Waals surface area contributed by atoms with Crippen molar-refractivity contribution < 1.29 is 5.11 Å². The van der Waals surface area contributed by atoms with Crippen LogP contribution in [0.2, 0.25) is 0 Å². The van der Waals surface area contributed by atoms with Gasteiger partial charge in [-0.05, 0) is 37.9 Å². The van der Waals surface area contributed by atoms with E-state index in [9.17, 15) is 5.11 Å². The van der Waals surface area contributed by atoms with Crippen molar-refractivity contribution in [2.45, 2.75) is 31.4 Å². The standard InChI is InChI=1S/C12H16BrNO/c1-12(11(15)7-4-8-14-12)9-5-2-3-6-10(9)13/h2-3,5-6,11,14-15H,4,7-8H2,1H3. The first kappa shape index (κ1) is 11.1. The Bertz CT molecular complexity index is 355. The lowest BCUT2D eigenvalue weighted by Crippen LogP contribution is -2.53. The summed E-state index contributed by atoms with van der Waals surface area (Å²) in [6, 6.07) is 8.08. The molecule has 0 amide bonds. The van der Waals surface area contributed by atoms with Crippen LogP contribution in [-0.2, 0) is 5.54 Å². The fourth-order valence-electron chi connectivity index (χ4n) is 2.21. The first-order chi connectivity index (χ1) is 7.14. The van der Waals surface area contributed by atoms with Gasteiger partial charge < -0.3 is 10.4 Å². The molecule has 2 atom stereocenters. The number of hydrogen-bond acceptors (Lipinski definition) is 2. The van der Waals surface area contributed by atoms with Crippen molar-refractivity contribution in [3.8, 4) is 0 Å². The summed E-state index contributed by atoms with van der Waals surface area (Å²) in [5, 5.41) is 13.5. The highest BCUT2D eigenvalue weighted by molar-refractivity contribution is 9.10. The van der Waals surface area contributed by atoms with Crippen LogP contribution >= 0.6 is 15.9 Å². The van der Waals surface area contributed by atoms with E-state index in [1.165, 1.54) is 0 Å². The minimum Gasteiger partial charge on any atom is -0.391 e. The highest BCUT2D eigenvalue weighted by Crippen LogP contribution is 2.34. The number of halogens is 1. The number of hydrogen-bond donors (Lipinski definition) is 2. The fourth-order valence-corrected chi connectivity index (χ4v) is 2.90. The van der Waals surface area contributed by atoms with Gasteiger partial charge in [-0.15, -0.1) is 0 Å². The van der Waals surface area contributed by atoms with Gasteiger partial charge in [-0.25, -0.2) is 0 Å². The van der Waals surface area contributed by atoms with E-state index < -0.39 is 0 Å². The zero-order valence-electron chi connectivity index (χ0n) is 8.83. The fraction of sp³-hybridized carbons (Fsp3) is 0.500. The van der Waals surface area contributed by atoms with Gasteiger partial charge in [0, 0.05) is 4.47 Å². The van der Waals surface area contributed by atoms with Crippen LogP contribution in [0.15, 0.2) is 28.7 Å². The summed E-state index contributed by atoms with van der Waals surface area (Å²) in [6.45, 7) is 3.03. The smallest absolute Gasteiger partial charge is 0.0761 e. The van der Waals surface area contributed by atoms with Gasteiger partial charge in [0.1, 0.15) is 0 Å². The molecule has 3 heteroatoms. The van der Waals surface area contributed by atoms with Crippen LogP contribution in [0.3, 0.4) is 0 Å². The first-order valence-corrected chi connectivity index (χ1v) is 6.12. The van der Waals surface area contributed by atoms with E-state index in [1.807, 2.05) is 18.2 Å². The van der Waals surface area contributed by atoms with E-state index in [1.54, 1.807) is 0 Å². The van der Waals surface area contributed by atoms with Crippen molar-refractivity contribution in [3.05, 3.63) is 34.3 Å². The highest BCUT2D eigenvalue weighted by atomic mass is 79.9. The molecule has 0 aromatic heterocycles. The van der Waals surface area contributed by atoms with E-state index in [0.29, 0.717) is 0 Å². The zero-order chi connectivity index (χ0) is 10.9. The van der Waals surface area contributed by atoms with Crippen molar-refractivity contribution in [3.63, 3.8) is 0 Å². The van der Waals surface area contributed by atoms with Crippen LogP contribution in [0.5, 0.6) is 0 Å². The number of benzene rings is 1. The van der Waals surface area contributed by atoms with Gasteiger partial charge in [-0.1, -0.05) is 34.1 Å². The van der Waals surface area contributed by atoms with Gasteiger partial charge in [0.15, 0.2) is 0 Å². The average molecular weight is 270 g/mol. The molecular formula is C12H16BrNO. The Morgan fingerprint density at radius 1 is 1.47 bits per heavy atom. The molecule has 1 aromatic rings. The summed E-state index contributed by atoms with van der Waals surface area (Å²) in [5.41, 5.74) is 0.815. The molecule has 1 aliphatic heterocycles. The topological polar surface area (TPSA) is 32.3 Å². The molecule has 0 saturated carbocycles. The van der Waals surface area contributed by atoms with Crippen molar-refractivity contribution in [2.24, 2.45) is 0 Å². The summed E-state index contributed by atoms with van der Waals surface area (Å²) in [6.07, 6.45) is 1.59. The average Bonchev–Trinajstić information content (AvgIpc) is 2.23. The summed E-state index contributed by atoms with van der Waals surface area (Å²) in [7, 11) is 0. The summed E-state index contributed by atoms with van der Waals surface area (Å²) in [4.78, 5) is 0. The number of piperidine rings is 1. The molecule has 15 heavy (non-hydrogen) atoms. The van der Waals surface area contributed by atoms with E-state index in [2.05, 4.69) is 34.2 Å². The van der Waals surface area contributed by atoms with E-state index in [0.717, 1.165) is 29.4 Å². The molecule has 2 rings (SSSR count). The molecule has 1 aromatic carbocycles. The lowest BCUT2D eigenvalue weighted by molar-refractivity contribution is 0.0381. The second-order valence-electron chi connectivity index (χ2n) is 4.27. The molecule has 2 unspecified atom stereocenters. The molecule has 82 valence electrons. The third kappa shape index (κ3) is 1.96. The van der Waals surface area contributed by atoms with Crippen LogP contribution < -0.4 is 5.32 Å². The Morgan fingerprint density at radius 2 is 2.20 bits per heavy atom. The predicted octanol–water partition coefficient (Wildman–Crippen LogP) is 2.41. The second kappa shape index (κ2) is 4.24. The third-order valence-electron chi connectivity index (χ3n) is 3.25. The highest BCUT2D eigenvalue weighted by Gasteiger charge is 2.37. The van der Waals surface area contributed by atoms with Crippen molar-refractivity contribution in [2.75, 3.05) is 6.54 Å². The molecule has 1 fully saturated rings. The van der Waals surface area contributed by atoms with Crippen LogP contribution in [0.4, 0.5) is 0 Å². The first-order valence-electron chi connectivity index (χ1n) is 5.33. The predicted molar refractivity (Wildman–Crippen MR) is 64.7 cm³/mol. The SMILES string of the molecule is CC1(c2ccccc2Br)NCCCC1O. The maximum atomic E-state index is 10.1. The van der Waals surface area contributed by atoms with Gasteiger partial charge in [0.2, 0.25) is 0 Å². The Morgan fingerprint density at radius 3 is 2.87 bits per heavy atom. The minimum atomic E-state index is -0.321. The normalized spacial score (nSPS) is 31.5. The number of nitrogens with one attached hydrogen (secondary N) is 1. The maximum Gasteiger partial charge on any atom is 0.0761 e. The Kier molecular flexibility index (Phi) is 3.14. The molecule has 0 aliphatic carbocycles. The number of rotatable bonds is 1. The van der Waals surface area contributed by atoms with Crippen LogP contribution in [0.25, 0.3) is 0 Å². The van der Waals surface area contributed by atoms with Gasteiger partial charge in [-0.2, -0.15) is 0 Å². The van der Waals surface area contributed by atoms with E-state index in [4.69, 9.17) is 0 Å². The minimum absolute atomic E-state index is 0.315. The number of aliphatic hydroxyl groups is 1. The molecule has 2 nitrogen and oxygen atoms in total. The molecule has 2 N–H and O–H groups in total. The Labute approximate surface area is 98.8 Å². The van der Waals surface area contributed by atoms with Gasteiger partial charge in [0.05, 0.1) is 11.6 Å². The van der Waals surface area contributed by atoms with Crippen LogP contribution in [0, 0.1) is 0 Å². The molecule has 1 heterocycles. The molecule has 0 radical (unpaired) electrons. The molecule has 0 spiro atoms. The summed E-state index contributed by atoms with van der Waals surface area (Å²) in [5.74, 6) is 0. The summed E-state index contributed by atoms with van der Waals surface area (Å²) < 4.78 is 1.06. The zero-order valence-corrected chi connectivity index (χ0v) is 10.4. The quantitative estimate of drug-likeness (QED) is 0.821. The lowest BCUT2D eigenvalue weighted by Gasteiger charge is -2.40. The van der Waals surface area contributed by atoms with Gasteiger partial charge in [0.25, 0.3) is 0 Å².